The molecule has 0 unspecified atom stereocenters. The Kier molecular flexibility index (Phi) is 7.58. The smallest absolute Gasteiger partial charge is 0.160 e. The third-order valence-corrected chi connectivity index (χ3v) is 11.5. The Bertz CT molecular complexity index is 2950. The zero-order valence-corrected chi connectivity index (χ0v) is 31.2. The molecule has 4 nitrogen and oxygen atoms in total. The van der Waals surface area contributed by atoms with Crippen molar-refractivity contribution < 1.29 is 4.74 Å². The van der Waals surface area contributed by atoms with Crippen molar-refractivity contribution in [2.24, 2.45) is 0 Å². The molecule has 268 valence electrons. The third-order valence-electron chi connectivity index (χ3n) is 11.5. The number of para-hydroxylation sites is 1. The van der Waals surface area contributed by atoms with Gasteiger partial charge in [0.1, 0.15) is 11.5 Å². The molecule has 9 aromatic rings. The van der Waals surface area contributed by atoms with E-state index in [1.807, 2.05) is 24.3 Å². The molecule has 4 heteroatoms. The van der Waals surface area contributed by atoms with Gasteiger partial charge in [-0.25, -0.2) is 9.97 Å². The molecule has 1 spiro atoms. The van der Waals surface area contributed by atoms with E-state index in [4.69, 9.17) is 19.7 Å². The van der Waals surface area contributed by atoms with Crippen LogP contribution >= 0.6 is 0 Å². The quantitative estimate of drug-likeness (QED) is 0.177. The molecular weight excluding hydrogens is 695 g/mol. The van der Waals surface area contributed by atoms with E-state index in [1.165, 1.54) is 22.3 Å². The van der Waals surface area contributed by atoms with Crippen LogP contribution in [0.1, 0.15) is 27.9 Å². The second-order valence-corrected chi connectivity index (χ2v) is 14.8. The van der Waals surface area contributed by atoms with Gasteiger partial charge in [0.2, 0.25) is 0 Å². The molecule has 0 radical (unpaired) electrons. The first kappa shape index (κ1) is 33.0. The molecule has 1 aliphatic heterocycles. The minimum Gasteiger partial charge on any atom is -0.457 e. The summed E-state index contributed by atoms with van der Waals surface area (Å²) < 4.78 is 6.71. The zero-order chi connectivity index (χ0) is 37.9. The minimum absolute atomic E-state index is 0.574. The molecule has 0 N–H and O–H groups in total. The third kappa shape index (κ3) is 5.26. The average molecular weight is 730 g/mol. The predicted octanol–water partition coefficient (Wildman–Crippen LogP) is 13.0. The van der Waals surface area contributed by atoms with Gasteiger partial charge < -0.3 is 4.74 Å². The highest BCUT2D eigenvalue weighted by atomic mass is 16.5. The number of hydrogen-bond acceptors (Lipinski definition) is 4. The molecule has 11 rings (SSSR count). The van der Waals surface area contributed by atoms with Crippen molar-refractivity contribution in [2.45, 2.75) is 12.3 Å². The molecule has 3 heterocycles. The lowest BCUT2D eigenvalue weighted by molar-refractivity contribution is 0.436. The molecule has 0 atom stereocenters. The summed E-state index contributed by atoms with van der Waals surface area (Å²) in [6, 6.07) is 68.2. The van der Waals surface area contributed by atoms with Crippen LogP contribution in [0.5, 0.6) is 11.5 Å². The van der Waals surface area contributed by atoms with Gasteiger partial charge in [-0.3, -0.25) is 4.98 Å². The van der Waals surface area contributed by atoms with E-state index in [9.17, 15) is 0 Å². The predicted molar refractivity (Wildman–Crippen MR) is 229 cm³/mol. The number of aromatic nitrogens is 3. The van der Waals surface area contributed by atoms with Gasteiger partial charge in [0.05, 0.1) is 22.5 Å². The van der Waals surface area contributed by atoms with Crippen LogP contribution in [0.2, 0.25) is 0 Å². The van der Waals surface area contributed by atoms with Crippen LogP contribution in [0.4, 0.5) is 0 Å². The molecule has 57 heavy (non-hydrogen) atoms. The van der Waals surface area contributed by atoms with Crippen molar-refractivity contribution >= 4 is 0 Å². The fourth-order valence-electron chi connectivity index (χ4n) is 8.93. The van der Waals surface area contributed by atoms with Crippen LogP contribution in [0.25, 0.3) is 67.4 Å². The van der Waals surface area contributed by atoms with Gasteiger partial charge in [-0.1, -0.05) is 158 Å². The molecule has 0 fully saturated rings. The molecule has 1 aliphatic carbocycles. The second kappa shape index (κ2) is 13.1. The van der Waals surface area contributed by atoms with Crippen molar-refractivity contribution in [3.8, 4) is 78.9 Å². The Balaban J connectivity index is 1.05. The van der Waals surface area contributed by atoms with Gasteiger partial charge in [-0.15, -0.1) is 0 Å². The number of rotatable bonds is 5. The fourth-order valence-corrected chi connectivity index (χ4v) is 8.93. The lowest BCUT2D eigenvalue weighted by atomic mass is 9.66. The van der Waals surface area contributed by atoms with Crippen LogP contribution in [-0.2, 0) is 5.41 Å². The molecule has 0 saturated carbocycles. The molecule has 0 saturated heterocycles. The summed E-state index contributed by atoms with van der Waals surface area (Å²) in [5.41, 5.74) is 16.6. The van der Waals surface area contributed by atoms with E-state index in [0.29, 0.717) is 5.82 Å². The first-order chi connectivity index (χ1) is 28.1. The van der Waals surface area contributed by atoms with E-state index < -0.39 is 5.41 Å². The van der Waals surface area contributed by atoms with E-state index >= 15 is 0 Å². The molecule has 2 aliphatic rings. The van der Waals surface area contributed by atoms with Crippen LogP contribution in [-0.4, -0.2) is 15.0 Å². The normalized spacial score (nSPS) is 12.9. The van der Waals surface area contributed by atoms with Gasteiger partial charge in [-0.05, 0) is 71.1 Å². The minimum atomic E-state index is -0.574. The maximum absolute atomic E-state index is 6.71. The lowest BCUT2D eigenvalue weighted by Gasteiger charge is -2.39. The van der Waals surface area contributed by atoms with E-state index in [2.05, 4.69) is 177 Å². The lowest BCUT2D eigenvalue weighted by Crippen LogP contribution is -2.32. The second-order valence-electron chi connectivity index (χ2n) is 14.8. The number of nitrogens with zero attached hydrogens (tertiary/aromatic N) is 3. The number of aryl methyl sites for hydroxylation is 1. The molecule has 0 amide bonds. The highest BCUT2D eigenvalue weighted by Crippen LogP contribution is 2.62. The van der Waals surface area contributed by atoms with E-state index in [0.717, 1.165) is 78.8 Å². The van der Waals surface area contributed by atoms with Gasteiger partial charge in [0.25, 0.3) is 0 Å². The highest BCUT2D eigenvalue weighted by Gasteiger charge is 2.51. The zero-order valence-electron chi connectivity index (χ0n) is 31.2. The summed E-state index contributed by atoms with van der Waals surface area (Å²) >= 11 is 0. The summed E-state index contributed by atoms with van der Waals surface area (Å²) in [5.74, 6) is 2.36. The maximum atomic E-state index is 6.71. The Morgan fingerprint density at radius 2 is 0.860 bits per heavy atom. The van der Waals surface area contributed by atoms with Crippen LogP contribution in [0.15, 0.2) is 194 Å². The number of ether oxygens (including phenoxy) is 1. The van der Waals surface area contributed by atoms with Crippen LogP contribution in [0, 0.1) is 6.92 Å². The molecule has 0 bridgehead atoms. The summed E-state index contributed by atoms with van der Waals surface area (Å²) in [6.07, 6.45) is 0. The van der Waals surface area contributed by atoms with Gasteiger partial charge >= 0.3 is 0 Å². The van der Waals surface area contributed by atoms with Crippen molar-refractivity contribution in [3.63, 3.8) is 0 Å². The number of benzene rings is 7. The van der Waals surface area contributed by atoms with Crippen LogP contribution in [0.3, 0.4) is 0 Å². The summed E-state index contributed by atoms with van der Waals surface area (Å²) in [4.78, 5) is 15.5. The highest BCUT2D eigenvalue weighted by molar-refractivity contribution is 5.89. The number of hydrogen-bond donors (Lipinski definition) is 0. The van der Waals surface area contributed by atoms with E-state index in [-0.39, 0.29) is 0 Å². The maximum Gasteiger partial charge on any atom is 0.160 e. The van der Waals surface area contributed by atoms with Crippen molar-refractivity contribution in [1.82, 2.24) is 15.0 Å². The molecule has 2 aromatic heterocycles. The summed E-state index contributed by atoms with van der Waals surface area (Å²) in [6.45, 7) is 2.08. The first-order valence-corrected chi connectivity index (χ1v) is 19.4. The topological polar surface area (TPSA) is 47.9 Å². The Hall–Kier alpha value is -7.43. The number of pyridine rings is 1. The van der Waals surface area contributed by atoms with Gasteiger partial charge in [-0.2, -0.15) is 0 Å². The summed E-state index contributed by atoms with van der Waals surface area (Å²) in [7, 11) is 0. The first-order valence-electron chi connectivity index (χ1n) is 19.4. The van der Waals surface area contributed by atoms with Crippen molar-refractivity contribution in [1.29, 1.82) is 0 Å². The largest absolute Gasteiger partial charge is 0.457 e. The molecular formula is C53H35N3O. The van der Waals surface area contributed by atoms with Crippen molar-refractivity contribution in [3.05, 3.63) is 222 Å². The Labute approximate surface area is 331 Å². The van der Waals surface area contributed by atoms with E-state index in [1.54, 1.807) is 0 Å². The van der Waals surface area contributed by atoms with Crippen LogP contribution < -0.4 is 4.74 Å². The number of fused-ring (bicyclic) bond motifs is 9. The standard InChI is InChI=1S/C53H35N3O/c1-34-40(29-30-47(54-34)36-14-4-2-5-15-36)35-24-26-38(27-25-35)49-33-48(37-16-6-3-7-17-37)55-52(56-49)39-28-31-51-46(32-39)53(45-22-12-13-23-50(45)57-51)43-20-10-8-18-41(43)42-19-9-11-21-44(42)53/h2-33H,1H3. The van der Waals surface area contributed by atoms with Gasteiger partial charge in [0.15, 0.2) is 5.82 Å². The molecule has 7 aromatic carbocycles. The van der Waals surface area contributed by atoms with Crippen molar-refractivity contribution in [2.75, 3.05) is 0 Å². The fraction of sp³-hybridized carbons (Fsp3) is 0.0377. The Morgan fingerprint density at radius 3 is 1.51 bits per heavy atom. The van der Waals surface area contributed by atoms with Gasteiger partial charge in [0, 0.05) is 44.6 Å². The Morgan fingerprint density at radius 1 is 0.351 bits per heavy atom. The summed E-state index contributed by atoms with van der Waals surface area (Å²) in [5, 5.41) is 0. The monoisotopic (exact) mass is 729 g/mol. The SMILES string of the molecule is Cc1nc(-c2ccccc2)ccc1-c1ccc(-c2cc(-c3ccccc3)nc(-c3ccc4c(c3)C3(c5ccccc5O4)c4ccccc4-c4ccccc43)n2)cc1. The average Bonchev–Trinajstić information content (AvgIpc) is 3.57.